The van der Waals surface area contributed by atoms with Gasteiger partial charge in [0.15, 0.2) is 0 Å². The number of piperidine rings is 1. The summed E-state index contributed by atoms with van der Waals surface area (Å²) in [7, 11) is 1.40. The second-order valence-electron chi connectivity index (χ2n) is 10.8. The summed E-state index contributed by atoms with van der Waals surface area (Å²) >= 11 is 0. The number of likely N-dealkylation sites (tertiary alicyclic amines) is 1. The third kappa shape index (κ3) is 5.86. The average molecular weight is 526 g/mol. The summed E-state index contributed by atoms with van der Waals surface area (Å²) in [6.07, 6.45) is 4.71. The van der Waals surface area contributed by atoms with Gasteiger partial charge in [0.2, 0.25) is 5.91 Å². The molecule has 2 amide bonds. The number of hydrogen-bond donors (Lipinski definition) is 1. The number of aromatic nitrogens is 2. The van der Waals surface area contributed by atoms with Crippen molar-refractivity contribution < 1.29 is 28.2 Å². The van der Waals surface area contributed by atoms with Gasteiger partial charge in [-0.25, -0.2) is 13.9 Å². The molecule has 4 atom stereocenters. The molecule has 1 aliphatic heterocycles. The molecule has 0 radical (unpaired) electrons. The number of nitrogens with one attached hydrogen (secondary N) is 1. The van der Waals surface area contributed by atoms with Crippen molar-refractivity contribution in [3.05, 3.63) is 42.0 Å². The fourth-order valence-corrected chi connectivity index (χ4v) is 5.20. The Labute approximate surface area is 220 Å². The molecule has 1 N–H and O–H groups in total. The van der Waals surface area contributed by atoms with Gasteiger partial charge in [0.05, 0.1) is 12.3 Å². The predicted octanol–water partition coefficient (Wildman–Crippen LogP) is 3.31. The molecular formula is C27H32FN5O5. The smallest absolute Gasteiger partial charge is 0.411 e. The molecular weight excluding hydrogens is 493 g/mol. The number of nitrogens with zero attached hydrogens (tertiary/aromatic N) is 4. The summed E-state index contributed by atoms with van der Waals surface area (Å²) in [5.41, 5.74) is 0.607. The van der Waals surface area contributed by atoms with Crippen LogP contribution in [0.1, 0.15) is 50.4 Å². The first kappa shape index (κ1) is 27.3. The quantitative estimate of drug-likeness (QED) is 0.588. The molecule has 2 bridgehead atoms. The number of carbonyl (C=O) groups is 3. The predicted molar refractivity (Wildman–Crippen MR) is 134 cm³/mol. The van der Waals surface area contributed by atoms with Crippen molar-refractivity contribution in [3.8, 4) is 17.2 Å². The molecule has 1 aromatic heterocycles. The van der Waals surface area contributed by atoms with Crippen LogP contribution in [0.5, 0.6) is 0 Å². The molecule has 2 fully saturated rings. The normalized spacial score (nSPS) is 21.2. The number of benzene rings is 1. The van der Waals surface area contributed by atoms with E-state index in [4.69, 9.17) is 9.47 Å². The Hall–Kier alpha value is -3.78. The van der Waals surface area contributed by atoms with Gasteiger partial charge in [0, 0.05) is 31.3 Å². The summed E-state index contributed by atoms with van der Waals surface area (Å²) in [6.45, 7) is 5.18. The highest BCUT2D eigenvalue weighted by atomic mass is 19.1. The highest BCUT2D eigenvalue weighted by molar-refractivity contribution is 5.87. The maximum absolute atomic E-state index is 15.0. The molecule has 0 spiro atoms. The van der Waals surface area contributed by atoms with Crippen LogP contribution in [0.15, 0.2) is 30.6 Å². The maximum Gasteiger partial charge on any atom is 0.411 e. The third-order valence-electron chi connectivity index (χ3n) is 6.85. The van der Waals surface area contributed by atoms with Crippen molar-refractivity contribution in [2.24, 2.45) is 5.92 Å². The summed E-state index contributed by atoms with van der Waals surface area (Å²) in [4.78, 5) is 39.5. The highest BCUT2D eigenvalue weighted by Gasteiger charge is 2.52. The summed E-state index contributed by atoms with van der Waals surface area (Å²) < 4.78 is 26.5. The Morgan fingerprint density at radius 1 is 1.26 bits per heavy atom. The lowest BCUT2D eigenvalue weighted by Crippen LogP contribution is -2.55. The van der Waals surface area contributed by atoms with E-state index in [0.717, 1.165) is 23.9 Å². The topological polar surface area (TPSA) is 127 Å². The molecule has 10 nitrogen and oxygen atoms in total. The average Bonchev–Trinajstić information content (AvgIpc) is 3.60. The zero-order chi connectivity index (χ0) is 27.6. The van der Waals surface area contributed by atoms with E-state index in [9.17, 15) is 24.0 Å². The number of nitriles is 1. The molecule has 1 saturated carbocycles. The minimum absolute atomic E-state index is 0.000400. The fourth-order valence-electron chi connectivity index (χ4n) is 5.20. The number of fused-ring (bicyclic) bond motifs is 2. The van der Waals surface area contributed by atoms with Crippen molar-refractivity contribution in [2.75, 3.05) is 13.7 Å². The van der Waals surface area contributed by atoms with Gasteiger partial charge in [-0.15, -0.1) is 0 Å². The number of methoxy groups -OCH3 is 1. The van der Waals surface area contributed by atoms with Crippen LogP contribution in [0.3, 0.4) is 0 Å². The lowest BCUT2D eigenvalue weighted by atomic mass is 9.97. The van der Waals surface area contributed by atoms with Crippen LogP contribution in [-0.2, 0) is 20.7 Å². The van der Waals surface area contributed by atoms with Gasteiger partial charge in [-0.2, -0.15) is 10.4 Å². The standard InChI is InChI=1S/C27H32FN5O5/c1-27(2,3)38-26(36)33-21-8-7-18(10-21)24(33)25(35)31-20(12-29)9-17-6-5-16(11-22(17)28)19-13-30-32(14-19)23(34)15-37-4/h5-6,11,13-14,18,20-21,24H,7-10,15H2,1-4H3,(H,31,35). The largest absolute Gasteiger partial charge is 0.444 e. The van der Waals surface area contributed by atoms with Crippen molar-refractivity contribution in [3.63, 3.8) is 0 Å². The Morgan fingerprint density at radius 2 is 2.03 bits per heavy atom. The minimum atomic E-state index is -0.989. The van der Waals surface area contributed by atoms with E-state index in [2.05, 4.69) is 10.4 Å². The van der Waals surface area contributed by atoms with Crippen molar-refractivity contribution in [1.29, 1.82) is 5.26 Å². The first-order valence-electron chi connectivity index (χ1n) is 12.6. The molecule has 4 rings (SSSR count). The van der Waals surface area contributed by atoms with Gasteiger partial charge >= 0.3 is 6.09 Å². The van der Waals surface area contributed by atoms with Gasteiger partial charge in [0.1, 0.15) is 30.1 Å². The summed E-state index contributed by atoms with van der Waals surface area (Å²) in [6, 6.07) is 4.77. The van der Waals surface area contributed by atoms with Crippen LogP contribution >= 0.6 is 0 Å². The molecule has 2 aliphatic rings. The van der Waals surface area contributed by atoms with Crippen LogP contribution in [0, 0.1) is 23.1 Å². The molecule has 1 saturated heterocycles. The Kier molecular flexibility index (Phi) is 7.83. The summed E-state index contributed by atoms with van der Waals surface area (Å²) in [5, 5.41) is 16.4. The van der Waals surface area contributed by atoms with Crippen LogP contribution in [0.4, 0.5) is 9.18 Å². The molecule has 202 valence electrons. The number of amides is 2. The molecule has 4 unspecified atom stereocenters. The van der Waals surface area contributed by atoms with Crippen molar-refractivity contribution >= 4 is 17.9 Å². The van der Waals surface area contributed by atoms with E-state index in [0.29, 0.717) is 11.1 Å². The first-order valence-corrected chi connectivity index (χ1v) is 12.6. The van der Waals surface area contributed by atoms with Gasteiger partial charge in [-0.3, -0.25) is 14.5 Å². The van der Waals surface area contributed by atoms with Crippen molar-refractivity contribution in [1.82, 2.24) is 20.0 Å². The van der Waals surface area contributed by atoms with Gasteiger partial charge in [0.25, 0.3) is 5.91 Å². The van der Waals surface area contributed by atoms with E-state index in [-0.39, 0.29) is 36.5 Å². The molecule has 2 heterocycles. The van der Waals surface area contributed by atoms with Gasteiger partial charge in [-0.1, -0.05) is 12.1 Å². The van der Waals surface area contributed by atoms with Crippen LogP contribution in [-0.4, -0.2) is 70.0 Å². The molecule has 1 aliphatic carbocycles. The summed E-state index contributed by atoms with van der Waals surface area (Å²) in [5.74, 6) is -1.34. The van der Waals surface area contributed by atoms with Crippen LogP contribution < -0.4 is 5.32 Å². The van der Waals surface area contributed by atoms with E-state index in [1.165, 1.54) is 30.5 Å². The van der Waals surface area contributed by atoms with Crippen LogP contribution in [0.2, 0.25) is 0 Å². The number of carbonyl (C=O) groups excluding carboxylic acids is 3. The zero-order valence-electron chi connectivity index (χ0n) is 21.9. The lowest BCUT2D eigenvalue weighted by molar-refractivity contribution is -0.128. The van der Waals surface area contributed by atoms with E-state index < -0.39 is 35.5 Å². The fraction of sp³-hybridized carbons (Fsp3) is 0.519. The third-order valence-corrected chi connectivity index (χ3v) is 6.85. The Bertz CT molecular complexity index is 1260. The highest BCUT2D eigenvalue weighted by Crippen LogP contribution is 2.43. The zero-order valence-corrected chi connectivity index (χ0v) is 21.9. The monoisotopic (exact) mass is 525 g/mol. The van der Waals surface area contributed by atoms with Gasteiger partial charge in [-0.05, 0) is 63.1 Å². The van der Waals surface area contributed by atoms with E-state index in [1.54, 1.807) is 32.9 Å². The molecule has 2 aromatic rings. The second-order valence-corrected chi connectivity index (χ2v) is 10.8. The number of ether oxygens (including phenoxy) is 2. The second kappa shape index (κ2) is 10.9. The van der Waals surface area contributed by atoms with E-state index in [1.807, 2.05) is 6.07 Å². The number of rotatable bonds is 7. The Morgan fingerprint density at radius 3 is 2.68 bits per heavy atom. The first-order chi connectivity index (χ1) is 18.0. The Balaban J connectivity index is 1.44. The van der Waals surface area contributed by atoms with Crippen LogP contribution in [0.25, 0.3) is 11.1 Å². The van der Waals surface area contributed by atoms with Crippen molar-refractivity contribution in [2.45, 2.75) is 70.2 Å². The number of hydrogen-bond acceptors (Lipinski definition) is 7. The maximum atomic E-state index is 15.0. The molecule has 38 heavy (non-hydrogen) atoms. The number of halogens is 1. The van der Waals surface area contributed by atoms with E-state index >= 15 is 0 Å². The minimum Gasteiger partial charge on any atom is -0.444 e. The lowest BCUT2D eigenvalue weighted by Gasteiger charge is -2.35. The van der Waals surface area contributed by atoms with Gasteiger partial charge < -0.3 is 14.8 Å². The molecule has 11 heteroatoms. The molecule has 1 aromatic carbocycles. The SMILES string of the molecule is COCC(=O)n1cc(-c2ccc(CC(C#N)NC(=O)C3C4CCC(C4)N3C(=O)OC(C)(C)C)c(F)c2)cn1.